The number of alkyl halides is 2. The molecule has 0 fully saturated rings. The molecule has 1 atom stereocenters. The number of hydrogen-bond acceptors (Lipinski definition) is 6. The van der Waals surface area contributed by atoms with Crippen LogP contribution in [0.5, 0.6) is 11.5 Å². The van der Waals surface area contributed by atoms with Crippen LogP contribution in [0.15, 0.2) is 36.4 Å². The number of nitrogens with two attached hydrogens (primary N) is 1. The molecule has 1 aliphatic heterocycles. The molecule has 1 aliphatic rings. The summed E-state index contributed by atoms with van der Waals surface area (Å²) in [7, 11) is -2.51. The van der Waals surface area contributed by atoms with Crippen LogP contribution in [0.3, 0.4) is 0 Å². The number of primary sulfonamides is 1. The Labute approximate surface area is 179 Å². The molecule has 1 unspecified atom stereocenters. The van der Waals surface area contributed by atoms with Crippen LogP contribution in [-0.2, 0) is 25.3 Å². The number of carbonyl (C=O) groups is 1. The maximum Gasteiger partial charge on any atom is 0.387 e. The first-order valence-electron chi connectivity index (χ1n) is 9.38. The highest BCUT2D eigenvalue weighted by atomic mass is 32.2. The first-order chi connectivity index (χ1) is 14.4. The smallest absolute Gasteiger partial charge is 0.387 e. The van der Waals surface area contributed by atoms with Crippen LogP contribution >= 0.6 is 0 Å². The predicted molar refractivity (Wildman–Crippen MR) is 109 cm³/mol. The van der Waals surface area contributed by atoms with Crippen molar-refractivity contribution in [1.82, 2.24) is 0 Å². The van der Waals surface area contributed by atoms with Gasteiger partial charge in [-0.15, -0.1) is 0 Å². The third kappa shape index (κ3) is 5.13. The molecule has 1 heterocycles. The van der Waals surface area contributed by atoms with Gasteiger partial charge >= 0.3 is 12.6 Å². The molecule has 0 spiro atoms. The molecule has 2 aromatic rings. The summed E-state index contributed by atoms with van der Waals surface area (Å²) >= 11 is 0. The van der Waals surface area contributed by atoms with Gasteiger partial charge in [-0.1, -0.05) is 24.3 Å². The van der Waals surface area contributed by atoms with Gasteiger partial charge in [-0.2, -0.15) is 8.78 Å². The van der Waals surface area contributed by atoms with Gasteiger partial charge in [0.1, 0.15) is 17.6 Å². The number of carbonyl (C=O) groups excluding carboxylic acids is 1. The topological polar surface area (TPSA) is 105 Å². The van der Waals surface area contributed by atoms with E-state index in [4.69, 9.17) is 14.6 Å². The molecule has 3 rings (SSSR count). The van der Waals surface area contributed by atoms with E-state index in [0.717, 1.165) is 0 Å². The number of benzene rings is 2. The van der Waals surface area contributed by atoms with Crippen LogP contribution < -0.4 is 14.6 Å². The summed E-state index contributed by atoms with van der Waals surface area (Å²) in [6.07, 6.45) is -0.468. The molecule has 0 aliphatic carbocycles. The Kier molecular flexibility index (Phi) is 6.24. The number of sulfonamides is 1. The van der Waals surface area contributed by atoms with Crippen LogP contribution in [0.2, 0.25) is 0 Å². The lowest BCUT2D eigenvalue weighted by molar-refractivity contribution is -0.152. The van der Waals surface area contributed by atoms with Crippen LogP contribution in [0, 0.1) is 5.41 Å². The van der Waals surface area contributed by atoms with Crippen molar-refractivity contribution in [3.63, 3.8) is 0 Å². The second-order valence-electron chi connectivity index (χ2n) is 7.92. The molecular formula is C21H23F2NO6S. The maximum atomic E-state index is 12.9. The minimum Gasteiger partial charge on any atom is -0.485 e. The molecule has 0 radical (unpaired) electrons. The quantitative estimate of drug-likeness (QED) is 0.638. The van der Waals surface area contributed by atoms with Crippen molar-refractivity contribution in [2.45, 2.75) is 38.7 Å². The van der Waals surface area contributed by atoms with Crippen molar-refractivity contribution in [1.29, 1.82) is 0 Å². The Balaban J connectivity index is 2.14. The van der Waals surface area contributed by atoms with Crippen LogP contribution in [-0.4, -0.2) is 28.1 Å². The Morgan fingerprint density at radius 3 is 2.58 bits per heavy atom. The fraction of sp³-hybridized carbons (Fsp3) is 0.381. The molecule has 10 heteroatoms. The summed E-state index contributed by atoms with van der Waals surface area (Å²) in [5, 5.41) is 5.17. The highest BCUT2D eigenvalue weighted by Crippen LogP contribution is 2.50. The van der Waals surface area contributed by atoms with Crippen molar-refractivity contribution in [2.24, 2.45) is 10.6 Å². The standard InChI is InChI=1S/C21H23F2NO6S/c1-21(2,19(25)28-3)10-17-14-9-12(11-31(24,26)27)7-8-13(14)18-15(29-17)5-4-6-16(18)30-20(22)23/h4-9,17,20H,10-11H2,1-3H3,(H2,24,26,27). The molecule has 31 heavy (non-hydrogen) atoms. The fourth-order valence-corrected chi connectivity index (χ4v) is 4.33. The molecule has 2 N–H and O–H groups in total. The van der Waals surface area contributed by atoms with E-state index in [-0.39, 0.29) is 12.2 Å². The lowest BCUT2D eigenvalue weighted by atomic mass is 9.81. The van der Waals surface area contributed by atoms with E-state index in [2.05, 4.69) is 4.74 Å². The van der Waals surface area contributed by atoms with Gasteiger partial charge < -0.3 is 14.2 Å². The van der Waals surface area contributed by atoms with Crippen molar-refractivity contribution in [2.75, 3.05) is 7.11 Å². The van der Waals surface area contributed by atoms with E-state index in [9.17, 15) is 22.0 Å². The lowest BCUT2D eigenvalue weighted by Crippen LogP contribution is -2.30. The van der Waals surface area contributed by atoms with Gasteiger partial charge in [0.05, 0.1) is 23.8 Å². The van der Waals surface area contributed by atoms with Crippen molar-refractivity contribution in [3.8, 4) is 22.6 Å². The van der Waals surface area contributed by atoms with E-state index in [1.807, 2.05) is 0 Å². The molecular weight excluding hydrogens is 432 g/mol. The van der Waals surface area contributed by atoms with E-state index in [1.54, 1.807) is 38.1 Å². The van der Waals surface area contributed by atoms with E-state index < -0.39 is 39.9 Å². The maximum absolute atomic E-state index is 12.9. The molecule has 0 aromatic heterocycles. The Morgan fingerprint density at radius 1 is 1.26 bits per heavy atom. The monoisotopic (exact) mass is 455 g/mol. The second kappa shape index (κ2) is 8.43. The molecule has 0 bridgehead atoms. The van der Waals surface area contributed by atoms with Gasteiger partial charge in [-0.05, 0) is 37.1 Å². The van der Waals surface area contributed by atoms with Gasteiger partial charge in [0.15, 0.2) is 0 Å². The van der Waals surface area contributed by atoms with Crippen molar-refractivity contribution < 1.29 is 36.2 Å². The molecule has 0 saturated heterocycles. The van der Waals surface area contributed by atoms with Gasteiger partial charge in [-0.3, -0.25) is 4.79 Å². The van der Waals surface area contributed by atoms with Gasteiger partial charge in [-0.25, -0.2) is 13.6 Å². The van der Waals surface area contributed by atoms with Crippen LogP contribution in [0.1, 0.15) is 37.5 Å². The number of methoxy groups -OCH3 is 1. The minimum atomic E-state index is -3.80. The third-order valence-electron chi connectivity index (χ3n) is 5.01. The van der Waals surface area contributed by atoms with Crippen LogP contribution in [0.25, 0.3) is 11.1 Å². The summed E-state index contributed by atoms with van der Waals surface area (Å²) in [5.74, 6) is -0.608. The lowest BCUT2D eigenvalue weighted by Gasteiger charge is -2.34. The predicted octanol–water partition coefficient (Wildman–Crippen LogP) is 3.77. The normalized spacial score (nSPS) is 15.6. The number of ether oxygens (including phenoxy) is 3. The summed E-state index contributed by atoms with van der Waals surface area (Å²) in [5.41, 5.74) is 0.882. The molecule has 0 amide bonds. The second-order valence-corrected chi connectivity index (χ2v) is 9.54. The summed E-state index contributed by atoms with van der Waals surface area (Å²) < 4.78 is 64.6. The molecule has 2 aromatic carbocycles. The van der Waals surface area contributed by atoms with Crippen molar-refractivity contribution in [3.05, 3.63) is 47.5 Å². The minimum absolute atomic E-state index is 0.0707. The highest BCUT2D eigenvalue weighted by molar-refractivity contribution is 7.88. The number of halogens is 2. The van der Waals surface area contributed by atoms with E-state index in [0.29, 0.717) is 28.0 Å². The van der Waals surface area contributed by atoms with Crippen LogP contribution in [0.4, 0.5) is 8.78 Å². The van der Waals surface area contributed by atoms with E-state index >= 15 is 0 Å². The van der Waals surface area contributed by atoms with Crippen molar-refractivity contribution >= 4 is 16.0 Å². The molecule has 168 valence electrons. The number of hydrogen-bond donors (Lipinski definition) is 1. The number of rotatable bonds is 7. The Morgan fingerprint density at radius 2 is 1.97 bits per heavy atom. The first-order valence-corrected chi connectivity index (χ1v) is 11.1. The zero-order valence-corrected chi connectivity index (χ0v) is 18.0. The summed E-state index contributed by atoms with van der Waals surface area (Å²) in [4.78, 5) is 12.2. The summed E-state index contributed by atoms with van der Waals surface area (Å²) in [6, 6.07) is 9.31. The largest absolute Gasteiger partial charge is 0.485 e. The number of fused-ring (bicyclic) bond motifs is 3. The number of esters is 1. The van der Waals surface area contributed by atoms with Gasteiger partial charge in [0, 0.05) is 12.0 Å². The molecule has 0 saturated carbocycles. The third-order valence-corrected chi connectivity index (χ3v) is 5.74. The summed E-state index contributed by atoms with van der Waals surface area (Å²) in [6.45, 7) is 0.358. The zero-order chi connectivity index (χ0) is 23.0. The Bertz CT molecular complexity index is 1100. The fourth-order valence-electron chi connectivity index (χ4n) is 3.69. The Hall–Kier alpha value is -2.72. The average molecular weight is 455 g/mol. The van der Waals surface area contributed by atoms with Gasteiger partial charge in [0.2, 0.25) is 10.0 Å². The van der Waals surface area contributed by atoms with Gasteiger partial charge in [0.25, 0.3) is 0 Å². The SMILES string of the molecule is COC(=O)C(C)(C)CC1Oc2cccc(OC(F)F)c2-c2ccc(CS(N)(=O)=O)cc21. The molecule has 7 nitrogen and oxygen atoms in total. The zero-order valence-electron chi connectivity index (χ0n) is 17.2. The highest BCUT2D eigenvalue weighted by Gasteiger charge is 2.37. The average Bonchev–Trinajstić information content (AvgIpc) is 2.65. The first kappa shape index (κ1) is 23.0. The van der Waals surface area contributed by atoms with E-state index in [1.165, 1.54) is 19.2 Å².